The smallest absolute Gasteiger partial charge is 0.0279 e. The summed E-state index contributed by atoms with van der Waals surface area (Å²) in [7, 11) is 0. The van der Waals surface area contributed by atoms with Crippen LogP contribution in [0, 0.1) is 0 Å². The van der Waals surface area contributed by atoms with E-state index in [2.05, 4.69) is 0 Å². The summed E-state index contributed by atoms with van der Waals surface area (Å²) < 4.78 is 0. The lowest BCUT2D eigenvalue weighted by atomic mass is 10.6. The first-order valence-electron chi connectivity index (χ1n) is 1.37. The van der Waals surface area contributed by atoms with Crippen LogP contribution < -0.4 is 6.15 Å². The van der Waals surface area contributed by atoms with Crippen molar-refractivity contribution >= 4 is 11.6 Å². The van der Waals surface area contributed by atoms with Gasteiger partial charge in [0.15, 0.2) is 0 Å². The van der Waals surface area contributed by atoms with E-state index in [0.717, 1.165) is 0 Å². The molecule has 0 radical (unpaired) electrons. The maximum atomic E-state index is 5.27. The lowest BCUT2D eigenvalue weighted by Crippen LogP contribution is -1.70. The van der Waals surface area contributed by atoms with Gasteiger partial charge in [-0.05, 0) is 13.8 Å². The van der Waals surface area contributed by atoms with Gasteiger partial charge in [-0.15, -0.1) is 11.6 Å². The minimum Gasteiger partial charge on any atom is -0.344 e. The Bertz CT molecular complexity index is 11.6. The van der Waals surface area contributed by atoms with Gasteiger partial charge in [-0.3, -0.25) is 0 Å². The summed E-state index contributed by atoms with van der Waals surface area (Å²) in [5.41, 5.74) is 0. The van der Waals surface area contributed by atoms with Gasteiger partial charge in [0.05, 0.1) is 0 Å². The summed E-state index contributed by atoms with van der Waals surface area (Å²) in [5.74, 6) is 0. The molecule has 0 atom stereocenters. The molecule has 0 saturated carbocycles. The standard InChI is InChI=1S/C3H7Cl.H3N/c1-3(2)4;/h3H,1-2H3;1H3. The van der Waals surface area contributed by atoms with E-state index in [-0.39, 0.29) is 6.15 Å². The SMILES string of the molecule is CC(C)Cl.N. The van der Waals surface area contributed by atoms with E-state index >= 15 is 0 Å². The minimum absolute atomic E-state index is 0. The summed E-state index contributed by atoms with van der Waals surface area (Å²) in [5, 5.41) is 0.306. The molecule has 0 aromatic rings. The van der Waals surface area contributed by atoms with Gasteiger partial charge in [0.2, 0.25) is 0 Å². The van der Waals surface area contributed by atoms with E-state index in [4.69, 9.17) is 11.6 Å². The largest absolute Gasteiger partial charge is 0.344 e. The zero-order valence-corrected chi connectivity index (χ0v) is 4.42. The van der Waals surface area contributed by atoms with E-state index in [0.29, 0.717) is 5.38 Å². The molecule has 1 nitrogen and oxygen atoms in total. The van der Waals surface area contributed by atoms with Gasteiger partial charge in [0.1, 0.15) is 0 Å². The summed E-state index contributed by atoms with van der Waals surface area (Å²) in [6, 6.07) is 0. The highest BCUT2D eigenvalue weighted by Crippen LogP contribution is 1.84. The molecule has 0 unspecified atom stereocenters. The van der Waals surface area contributed by atoms with Crippen LogP contribution in [0.15, 0.2) is 0 Å². The third-order valence-corrected chi connectivity index (χ3v) is 0. The molecular formula is C3H10ClN. The highest BCUT2D eigenvalue weighted by atomic mass is 35.5. The van der Waals surface area contributed by atoms with Crippen molar-refractivity contribution in [3.63, 3.8) is 0 Å². The van der Waals surface area contributed by atoms with E-state index in [1.54, 1.807) is 0 Å². The van der Waals surface area contributed by atoms with Gasteiger partial charge in [0.25, 0.3) is 0 Å². The predicted octanol–water partition coefficient (Wildman–Crippen LogP) is 1.80. The molecule has 0 aliphatic heterocycles. The maximum absolute atomic E-state index is 5.27. The van der Waals surface area contributed by atoms with Gasteiger partial charge in [-0.1, -0.05) is 0 Å². The van der Waals surface area contributed by atoms with E-state index < -0.39 is 0 Å². The molecule has 0 spiro atoms. The molecule has 5 heavy (non-hydrogen) atoms. The van der Waals surface area contributed by atoms with Crippen LogP contribution in [0.5, 0.6) is 0 Å². The van der Waals surface area contributed by atoms with E-state index in [9.17, 15) is 0 Å². The summed E-state index contributed by atoms with van der Waals surface area (Å²) in [6.45, 7) is 3.86. The second-order valence-electron chi connectivity index (χ2n) is 1.01. The van der Waals surface area contributed by atoms with Crippen LogP contribution in [-0.4, -0.2) is 5.38 Å². The van der Waals surface area contributed by atoms with Crippen molar-refractivity contribution in [2.75, 3.05) is 0 Å². The molecule has 0 heterocycles. The number of hydrogen-bond acceptors (Lipinski definition) is 1. The van der Waals surface area contributed by atoms with Gasteiger partial charge in [0, 0.05) is 5.38 Å². The van der Waals surface area contributed by atoms with E-state index in [1.165, 1.54) is 0 Å². The van der Waals surface area contributed by atoms with Gasteiger partial charge >= 0.3 is 0 Å². The zero-order valence-electron chi connectivity index (χ0n) is 3.66. The topological polar surface area (TPSA) is 35.0 Å². The third-order valence-electron chi connectivity index (χ3n) is 0. The second kappa shape index (κ2) is 4.25. The molecule has 0 aliphatic rings. The average Bonchev–Trinajstić information content (AvgIpc) is 0.811. The van der Waals surface area contributed by atoms with Crippen molar-refractivity contribution in [3.05, 3.63) is 0 Å². The van der Waals surface area contributed by atoms with Crippen LogP contribution in [0.4, 0.5) is 0 Å². The molecular weight excluding hydrogens is 85.5 g/mol. The Morgan fingerprint density at radius 3 is 1.40 bits per heavy atom. The molecule has 0 aromatic heterocycles. The number of halogens is 1. The monoisotopic (exact) mass is 95.1 g/mol. The fourth-order valence-corrected chi connectivity index (χ4v) is 0. The molecule has 0 bridgehead atoms. The summed E-state index contributed by atoms with van der Waals surface area (Å²) in [4.78, 5) is 0. The summed E-state index contributed by atoms with van der Waals surface area (Å²) in [6.07, 6.45) is 0. The van der Waals surface area contributed by atoms with Crippen LogP contribution >= 0.6 is 11.6 Å². The van der Waals surface area contributed by atoms with Crippen molar-refractivity contribution in [3.8, 4) is 0 Å². The lowest BCUT2D eigenvalue weighted by Gasteiger charge is -1.76. The average molecular weight is 95.6 g/mol. The third kappa shape index (κ3) is 344. The minimum atomic E-state index is 0. The van der Waals surface area contributed by atoms with E-state index in [1.807, 2.05) is 13.8 Å². The quantitative estimate of drug-likeness (QED) is 0.458. The van der Waals surface area contributed by atoms with Gasteiger partial charge in [-0.2, -0.15) is 0 Å². The molecule has 0 amide bonds. The van der Waals surface area contributed by atoms with Crippen molar-refractivity contribution in [1.82, 2.24) is 6.15 Å². The normalized spacial score (nSPS) is 7.20. The molecule has 3 N–H and O–H groups in total. The molecule has 0 aliphatic carbocycles. The van der Waals surface area contributed by atoms with Crippen molar-refractivity contribution < 1.29 is 0 Å². The van der Waals surface area contributed by atoms with Crippen molar-refractivity contribution in [2.24, 2.45) is 0 Å². The first-order chi connectivity index (χ1) is 1.73. The van der Waals surface area contributed by atoms with Crippen LogP contribution in [0.25, 0.3) is 0 Å². The molecule has 0 aromatic carbocycles. The second-order valence-corrected chi connectivity index (χ2v) is 1.89. The van der Waals surface area contributed by atoms with Crippen LogP contribution in [0.1, 0.15) is 13.8 Å². The van der Waals surface area contributed by atoms with Crippen LogP contribution in [0.3, 0.4) is 0 Å². The highest BCUT2D eigenvalue weighted by Gasteiger charge is 1.71. The van der Waals surface area contributed by atoms with Crippen LogP contribution in [-0.2, 0) is 0 Å². The highest BCUT2D eigenvalue weighted by molar-refractivity contribution is 6.20. The predicted molar refractivity (Wildman–Crippen MR) is 26.0 cm³/mol. The molecule has 0 fully saturated rings. The Labute approximate surface area is 37.9 Å². The Balaban J connectivity index is 0. The fourth-order valence-electron chi connectivity index (χ4n) is 0. The number of rotatable bonds is 0. The van der Waals surface area contributed by atoms with Crippen LogP contribution in [0.2, 0.25) is 0 Å². The Morgan fingerprint density at radius 2 is 1.40 bits per heavy atom. The maximum Gasteiger partial charge on any atom is 0.0279 e. The van der Waals surface area contributed by atoms with Crippen molar-refractivity contribution in [1.29, 1.82) is 0 Å². The molecule has 2 heteroatoms. The number of alkyl halides is 1. The Hall–Kier alpha value is 0.250. The first-order valence-corrected chi connectivity index (χ1v) is 1.81. The Morgan fingerprint density at radius 1 is 1.40 bits per heavy atom. The summed E-state index contributed by atoms with van der Waals surface area (Å²) >= 11 is 5.27. The van der Waals surface area contributed by atoms with Gasteiger partial charge in [-0.25, -0.2) is 0 Å². The van der Waals surface area contributed by atoms with Crippen molar-refractivity contribution in [2.45, 2.75) is 19.2 Å². The fraction of sp³-hybridized carbons (Fsp3) is 1.00. The number of hydrogen-bond donors (Lipinski definition) is 1. The first kappa shape index (κ1) is 8.98. The molecule has 0 rings (SSSR count). The molecule has 0 saturated heterocycles. The Kier molecular flexibility index (Phi) is 7.63. The lowest BCUT2D eigenvalue weighted by molar-refractivity contribution is 1.10. The zero-order chi connectivity index (χ0) is 3.58. The van der Waals surface area contributed by atoms with Gasteiger partial charge < -0.3 is 6.15 Å². The molecule has 34 valence electrons.